The summed E-state index contributed by atoms with van der Waals surface area (Å²) in [6.45, 7) is 8.30. The quantitative estimate of drug-likeness (QED) is 0.654. The van der Waals surface area contributed by atoms with Crippen molar-refractivity contribution in [1.29, 1.82) is 0 Å². The largest absolute Gasteiger partial charge is 0.335 e. The van der Waals surface area contributed by atoms with Crippen LogP contribution in [0.5, 0.6) is 0 Å². The maximum atomic E-state index is 5.81. The fourth-order valence-electron chi connectivity index (χ4n) is 2.08. The highest BCUT2D eigenvalue weighted by Crippen LogP contribution is 2.19. The van der Waals surface area contributed by atoms with E-state index in [9.17, 15) is 0 Å². The van der Waals surface area contributed by atoms with Crippen molar-refractivity contribution in [3.05, 3.63) is 27.5 Å². The summed E-state index contributed by atoms with van der Waals surface area (Å²) in [7, 11) is 0. The number of rotatable bonds is 3. The van der Waals surface area contributed by atoms with Gasteiger partial charge in [-0.15, -0.1) is 0 Å². The number of aromatic amines is 1. The molecule has 0 aromatic carbocycles. The van der Waals surface area contributed by atoms with E-state index in [0.29, 0.717) is 17.2 Å². The molecule has 0 amide bonds. The minimum Gasteiger partial charge on any atom is -0.335 e. The number of nitrogens with one attached hydrogen (secondary N) is 1. The third-order valence-corrected chi connectivity index (χ3v) is 3.36. The molecule has 2 rings (SSSR count). The van der Waals surface area contributed by atoms with Crippen LogP contribution in [-0.4, -0.2) is 24.7 Å². The van der Waals surface area contributed by atoms with E-state index >= 15 is 0 Å². The molecule has 0 atom stereocenters. The van der Waals surface area contributed by atoms with E-state index in [-0.39, 0.29) is 0 Å². The van der Waals surface area contributed by atoms with Crippen LogP contribution < -0.4 is 5.84 Å². The molecule has 3 N–H and O–H groups in total. The molecule has 0 aliphatic rings. The SMILES string of the molecule is Cc1nn(C(C)C)c(C)c1Cc1n[nH]c(=S)n1N. The molecular formula is C11H18N6S. The Morgan fingerprint density at radius 3 is 2.50 bits per heavy atom. The molecule has 98 valence electrons. The van der Waals surface area contributed by atoms with Gasteiger partial charge in [-0.1, -0.05) is 0 Å². The summed E-state index contributed by atoms with van der Waals surface area (Å²) in [5.41, 5.74) is 3.32. The van der Waals surface area contributed by atoms with Crippen molar-refractivity contribution >= 4 is 12.2 Å². The first-order valence-corrected chi connectivity index (χ1v) is 6.28. The molecule has 0 saturated carbocycles. The number of nitrogens with zero attached hydrogens (tertiary/aromatic N) is 4. The fraction of sp³-hybridized carbons (Fsp3) is 0.545. The fourth-order valence-corrected chi connectivity index (χ4v) is 2.23. The number of aryl methyl sites for hydroxylation is 1. The molecule has 0 aliphatic heterocycles. The topological polar surface area (TPSA) is 77.5 Å². The lowest BCUT2D eigenvalue weighted by Crippen LogP contribution is -2.13. The van der Waals surface area contributed by atoms with Gasteiger partial charge in [-0.25, -0.2) is 4.68 Å². The number of hydrogen-bond acceptors (Lipinski definition) is 4. The number of aromatic nitrogens is 5. The average Bonchev–Trinajstić information content (AvgIpc) is 2.76. The second-order valence-corrected chi connectivity index (χ2v) is 5.07. The molecule has 0 spiro atoms. The van der Waals surface area contributed by atoms with Gasteiger partial charge in [0.2, 0.25) is 4.77 Å². The van der Waals surface area contributed by atoms with E-state index in [4.69, 9.17) is 18.1 Å². The monoisotopic (exact) mass is 266 g/mol. The average molecular weight is 266 g/mol. The molecule has 18 heavy (non-hydrogen) atoms. The third kappa shape index (κ3) is 2.05. The summed E-state index contributed by atoms with van der Waals surface area (Å²) in [5.74, 6) is 6.53. The van der Waals surface area contributed by atoms with Gasteiger partial charge >= 0.3 is 0 Å². The van der Waals surface area contributed by atoms with Crippen LogP contribution in [0.4, 0.5) is 0 Å². The van der Waals surface area contributed by atoms with Crippen LogP contribution in [0.2, 0.25) is 0 Å². The van der Waals surface area contributed by atoms with Crippen molar-refractivity contribution in [2.75, 3.05) is 5.84 Å². The van der Waals surface area contributed by atoms with Gasteiger partial charge in [-0.3, -0.25) is 9.78 Å². The molecule has 0 fully saturated rings. The normalized spacial score (nSPS) is 11.4. The van der Waals surface area contributed by atoms with E-state index in [0.717, 1.165) is 22.8 Å². The van der Waals surface area contributed by atoms with Crippen LogP contribution in [0.3, 0.4) is 0 Å². The van der Waals surface area contributed by atoms with E-state index in [1.165, 1.54) is 4.68 Å². The third-order valence-electron chi connectivity index (χ3n) is 3.08. The Bertz CT molecular complexity index is 618. The first kappa shape index (κ1) is 12.8. The minimum atomic E-state index is 0.344. The predicted molar refractivity (Wildman–Crippen MR) is 72.5 cm³/mol. The Morgan fingerprint density at radius 1 is 1.39 bits per heavy atom. The Morgan fingerprint density at radius 2 is 2.06 bits per heavy atom. The molecule has 2 heterocycles. The summed E-state index contributed by atoms with van der Waals surface area (Å²) < 4.78 is 3.85. The van der Waals surface area contributed by atoms with Crippen LogP contribution in [-0.2, 0) is 6.42 Å². The zero-order valence-corrected chi connectivity index (χ0v) is 11.9. The van der Waals surface area contributed by atoms with E-state index in [2.05, 4.69) is 36.1 Å². The van der Waals surface area contributed by atoms with Gasteiger partial charge in [0.15, 0.2) is 5.82 Å². The maximum absolute atomic E-state index is 5.81. The molecule has 0 saturated heterocycles. The Balaban J connectivity index is 2.41. The van der Waals surface area contributed by atoms with Crippen LogP contribution in [0, 0.1) is 18.6 Å². The minimum absolute atomic E-state index is 0.344. The van der Waals surface area contributed by atoms with Gasteiger partial charge < -0.3 is 5.84 Å². The molecule has 0 bridgehead atoms. The summed E-state index contributed by atoms with van der Waals surface area (Å²) in [6, 6.07) is 0.344. The second kappa shape index (κ2) is 4.56. The molecule has 2 aromatic heterocycles. The lowest BCUT2D eigenvalue weighted by molar-refractivity contribution is 0.515. The summed E-state index contributed by atoms with van der Waals surface area (Å²) >= 11 is 5.00. The van der Waals surface area contributed by atoms with Crippen molar-refractivity contribution in [1.82, 2.24) is 24.7 Å². The van der Waals surface area contributed by atoms with Crippen molar-refractivity contribution in [3.63, 3.8) is 0 Å². The molecule has 0 unspecified atom stereocenters. The smallest absolute Gasteiger partial charge is 0.214 e. The van der Waals surface area contributed by atoms with Gasteiger partial charge in [0, 0.05) is 23.7 Å². The van der Waals surface area contributed by atoms with Crippen LogP contribution in [0.15, 0.2) is 0 Å². The van der Waals surface area contributed by atoms with E-state index in [1.807, 2.05) is 11.6 Å². The first-order chi connectivity index (χ1) is 8.41. The second-order valence-electron chi connectivity index (χ2n) is 4.68. The van der Waals surface area contributed by atoms with Gasteiger partial charge in [-0.05, 0) is 39.9 Å². The number of nitrogens with two attached hydrogens (primary N) is 1. The highest BCUT2D eigenvalue weighted by Gasteiger charge is 2.16. The van der Waals surface area contributed by atoms with Gasteiger partial charge in [0.05, 0.1) is 5.69 Å². The van der Waals surface area contributed by atoms with Crippen LogP contribution in [0.25, 0.3) is 0 Å². The summed E-state index contributed by atoms with van der Waals surface area (Å²) in [6.07, 6.45) is 0.633. The molecule has 6 nitrogen and oxygen atoms in total. The van der Waals surface area contributed by atoms with E-state index in [1.54, 1.807) is 0 Å². The lowest BCUT2D eigenvalue weighted by Gasteiger charge is -2.08. The van der Waals surface area contributed by atoms with Crippen LogP contribution in [0.1, 0.15) is 42.7 Å². The maximum Gasteiger partial charge on any atom is 0.214 e. The van der Waals surface area contributed by atoms with Crippen molar-refractivity contribution in [3.8, 4) is 0 Å². The predicted octanol–water partition coefficient (Wildman–Crippen LogP) is 1.64. The zero-order valence-electron chi connectivity index (χ0n) is 11.1. The molecule has 0 radical (unpaired) electrons. The molecule has 2 aromatic rings. The number of nitrogen functional groups attached to an aromatic ring is 1. The van der Waals surface area contributed by atoms with Gasteiger partial charge in [-0.2, -0.15) is 10.2 Å². The van der Waals surface area contributed by atoms with Crippen LogP contribution >= 0.6 is 12.2 Å². The van der Waals surface area contributed by atoms with Gasteiger partial charge in [0.1, 0.15) is 0 Å². The lowest BCUT2D eigenvalue weighted by atomic mass is 10.1. The standard InChI is InChI=1S/C11H18N6S/c1-6(2)17-8(4)9(7(3)15-17)5-10-13-14-11(18)16(10)12/h6H,5,12H2,1-4H3,(H,14,18). The zero-order chi connectivity index (χ0) is 13.4. The Labute approximate surface area is 111 Å². The summed E-state index contributed by atoms with van der Waals surface area (Å²) in [5, 5.41) is 11.4. The van der Waals surface area contributed by atoms with Crippen molar-refractivity contribution in [2.45, 2.75) is 40.2 Å². The van der Waals surface area contributed by atoms with E-state index < -0.39 is 0 Å². The Kier molecular flexibility index (Phi) is 3.25. The van der Waals surface area contributed by atoms with Crippen molar-refractivity contribution < 1.29 is 0 Å². The number of H-pyrrole nitrogens is 1. The first-order valence-electron chi connectivity index (χ1n) is 5.87. The van der Waals surface area contributed by atoms with Crippen molar-refractivity contribution in [2.24, 2.45) is 0 Å². The molecule has 7 heteroatoms. The molecule has 0 aliphatic carbocycles. The highest BCUT2D eigenvalue weighted by molar-refractivity contribution is 7.71. The molecular weight excluding hydrogens is 248 g/mol. The number of hydrogen-bond donors (Lipinski definition) is 2. The Hall–Kier alpha value is -1.63. The highest BCUT2D eigenvalue weighted by atomic mass is 32.1. The summed E-state index contributed by atoms with van der Waals surface area (Å²) in [4.78, 5) is 0. The van der Waals surface area contributed by atoms with Gasteiger partial charge in [0.25, 0.3) is 0 Å².